The summed E-state index contributed by atoms with van der Waals surface area (Å²) in [4.78, 5) is 11.1. The van der Waals surface area contributed by atoms with Gasteiger partial charge in [0.15, 0.2) is 0 Å². The molecule has 1 aliphatic heterocycles. The fraction of sp³-hybridized carbons (Fsp3) is 0.875. The molecule has 1 atom stereocenters. The van der Waals surface area contributed by atoms with Crippen LogP contribution in [0, 0.1) is 5.92 Å². The third kappa shape index (κ3) is 4.22. The van der Waals surface area contributed by atoms with E-state index in [1.807, 2.05) is 0 Å². The Balaban J connectivity index is 2.22. The maximum absolute atomic E-state index is 11.1. The van der Waals surface area contributed by atoms with Crippen molar-refractivity contribution in [2.24, 2.45) is 5.92 Å². The number of carbonyl (C=O) groups excluding carboxylic acids is 1. The number of ether oxygens (including phenoxy) is 1. The van der Waals surface area contributed by atoms with Gasteiger partial charge in [0.1, 0.15) is 0 Å². The second kappa shape index (κ2) is 5.40. The Kier molecular flexibility index (Phi) is 4.77. The zero-order valence-electron chi connectivity index (χ0n) is 7.56. The molecule has 0 amide bonds. The van der Waals surface area contributed by atoms with Crippen LogP contribution in [0.15, 0.2) is 0 Å². The maximum atomic E-state index is 11.1. The first-order valence-electron chi connectivity index (χ1n) is 4.45. The van der Waals surface area contributed by atoms with Crippen molar-refractivity contribution in [1.82, 2.24) is 5.32 Å². The van der Waals surface area contributed by atoms with Gasteiger partial charge in [-0.05, 0) is 19.4 Å². The zero-order chi connectivity index (χ0) is 10.6. The average molecular weight is 261 g/mol. The molecule has 1 aliphatic rings. The Hall–Kier alpha value is 0.300. The minimum absolute atomic E-state index is 0.319. The molecule has 82 valence electrons. The molecule has 1 fully saturated rings. The van der Waals surface area contributed by atoms with Crippen molar-refractivity contribution >= 4 is 40.8 Å². The molecule has 1 heterocycles. The Morgan fingerprint density at radius 2 is 2.21 bits per heavy atom. The van der Waals surface area contributed by atoms with Gasteiger partial charge >= 0.3 is 5.97 Å². The largest absolute Gasteiger partial charge is 0.462 e. The van der Waals surface area contributed by atoms with Crippen LogP contribution in [0.2, 0.25) is 0 Å². The van der Waals surface area contributed by atoms with Crippen molar-refractivity contribution in [3.8, 4) is 0 Å². The molecule has 14 heavy (non-hydrogen) atoms. The van der Waals surface area contributed by atoms with Crippen LogP contribution in [0.25, 0.3) is 0 Å². The van der Waals surface area contributed by atoms with Crippen LogP contribution in [0.5, 0.6) is 0 Å². The van der Waals surface area contributed by atoms with Gasteiger partial charge in [-0.2, -0.15) is 0 Å². The summed E-state index contributed by atoms with van der Waals surface area (Å²) in [6.07, 6.45) is 2.14. The molecule has 0 aromatic rings. The lowest BCUT2D eigenvalue weighted by atomic mass is 10.0. The quantitative estimate of drug-likeness (QED) is 0.609. The predicted molar refractivity (Wildman–Crippen MR) is 56.8 cm³/mol. The van der Waals surface area contributed by atoms with E-state index in [0.717, 1.165) is 25.9 Å². The summed E-state index contributed by atoms with van der Waals surface area (Å²) in [7, 11) is 0. The number of hydrogen-bond acceptors (Lipinski definition) is 3. The summed E-state index contributed by atoms with van der Waals surface area (Å²) in [5.74, 6) is -0.465. The van der Waals surface area contributed by atoms with E-state index < -0.39 is 9.76 Å². The van der Waals surface area contributed by atoms with Crippen LogP contribution in [0.3, 0.4) is 0 Å². The fourth-order valence-electron chi connectivity index (χ4n) is 1.34. The van der Waals surface area contributed by atoms with Gasteiger partial charge < -0.3 is 10.1 Å². The Morgan fingerprint density at radius 3 is 2.71 bits per heavy atom. The molecule has 0 bridgehead atoms. The van der Waals surface area contributed by atoms with E-state index in [-0.39, 0.29) is 0 Å². The van der Waals surface area contributed by atoms with E-state index in [4.69, 9.17) is 39.5 Å². The molecule has 1 rings (SSSR count). The Labute approximate surface area is 98.0 Å². The first-order valence-corrected chi connectivity index (χ1v) is 5.58. The predicted octanol–water partition coefficient (Wildman–Crippen LogP) is 1.90. The van der Waals surface area contributed by atoms with Crippen LogP contribution in [-0.4, -0.2) is 29.5 Å². The number of esters is 1. The van der Waals surface area contributed by atoms with Crippen molar-refractivity contribution in [2.45, 2.75) is 16.6 Å². The molecule has 1 N–H and O–H groups in total. The van der Waals surface area contributed by atoms with Crippen molar-refractivity contribution in [3.05, 3.63) is 0 Å². The van der Waals surface area contributed by atoms with Gasteiger partial charge in [-0.25, -0.2) is 4.79 Å². The first kappa shape index (κ1) is 12.4. The van der Waals surface area contributed by atoms with Crippen molar-refractivity contribution in [2.75, 3.05) is 19.7 Å². The van der Waals surface area contributed by atoms with Gasteiger partial charge in [-0.15, -0.1) is 0 Å². The minimum atomic E-state index is -1.96. The van der Waals surface area contributed by atoms with Crippen LogP contribution >= 0.6 is 34.8 Å². The average Bonchev–Trinajstić information content (AvgIpc) is 2.14. The molecule has 0 aliphatic carbocycles. The lowest BCUT2D eigenvalue weighted by Gasteiger charge is -2.22. The number of halogens is 3. The van der Waals surface area contributed by atoms with E-state index in [0.29, 0.717) is 12.5 Å². The van der Waals surface area contributed by atoms with Crippen molar-refractivity contribution < 1.29 is 9.53 Å². The van der Waals surface area contributed by atoms with E-state index >= 15 is 0 Å². The van der Waals surface area contributed by atoms with Crippen LogP contribution < -0.4 is 5.32 Å². The standard InChI is InChI=1S/C8H12Cl3NO2/c9-8(10,11)7(13)14-5-6-2-1-3-12-4-6/h6,12H,1-5H2/t6-/m0/s1. The highest BCUT2D eigenvalue weighted by Crippen LogP contribution is 2.27. The van der Waals surface area contributed by atoms with Gasteiger partial charge in [0.2, 0.25) is 0 Å². The summed E-state index contributed by atoms with van der Waals surface area (Å²) >= 11 is 16.0. The van der Waals surface area contributed by atoms with Gasteiger partial charge in [-0.3, -0.25) is 0 Å². The smallest absolute Gasteiger partial charge is 0.358 e. The molecule has 0 unspecified atom stereocenters. The van der Waals surface area contributed by atoms with E-state index in [1.54, 1.807) is 0 Å². The van der Waals surface area contributed by atoms with Gasteiger partial charge in [0.05, 0.1) is 6.61 Å². The van der Waals surface area contributed by atoms with Gasteiger partial charge in [0.25, 0.3) is 3.79 Å². The third-order valence-electron chi connectivity index (χ3n) is 2.08. The molecule has 0 saturated carbocycles. The lowest BCUT2D eigenvalue weighted by molar-refractivity contribution is -0.144. The number of rotatable bonds is 2. The molecular weight excluding hydrogens is 248 g/mol. The highest BCUT2D eigenvalue weighted by molar-refractivity contribution is 6.75. The van der Waals surface area contributed by atoms with E-state index in [9.17, 15) is 4.79 Å². The monoisotopic (exact) mass is 259 g/mol. The first-order chi connectivity index (χ1) is 6.50. The fourth-order valence-corrected chi connectivity index (χ4v) is 1.51. The molecule has 3 nitrogen and oxygen atoms in total. The summed E-state index contributed by atoms with van der Waals surface area (Å²) < 4.78 is 2.91. The molecule has 0 aromatic heterocycles. The summed E-state index contributed by atoms with van der Waals surface area (Å²) in [5, 5.41) is 3.21. The Bertz CT molecular complexity index is 199. The normalized spacial score (nSPS) is 23.2. The van der Waals surface area contributed by atoms with Crippen LogP contribution in [0.1, 0.15) is 12.8 Å². The molecule has 0 spiro atoms. The number of nitrogens with one attached hydrogen (secondary N) is 1. The summed E-state index contributed by atoms with van der Waals surface area (Å²) in [6.45, 7) is 2.20. The number of hydrogen-bond donors (Lipinski definition) is 1. The Morgan fingerprint density at radius 1 is 1.50 bits per heavy atom. The number of carbonyl (C=O) groups is 1. The third-order valence-corrected chi connectivity index (χ3v) is 2.54. The lowest BCUT2D eigenvalue weighted by Crippen LogP contribution is -2.34. The van der Waals surface area contributed by atoms with Crippen molar-refractivity contribution in [1.29, 1.82) is 0 Å². The highest BCUT2D eigenvalue weighted by Gasteiger charge is 2.33. The molecule has 0 radical (unpaired) electrons. The molecule has 0 aromatic carbocycles. The zero-order valence-corrected chi connectivity index (χ0v) is 9.83. The van der Waals surface area contributed by atoms with E-state index in [1.165, 1.54) is 0 Å². The number of alkyl halides is 3. The number of piperidine rings is 1. The summed E-state index contributed by atoms with van der Waals surface area (Å²) in [6, 6.07) is 0. The topological polar surface area (TPSA) is 38.3 Å². The van der Waals surface area contributed by atoms with Crippen LogP contribution in [0.4, 0.5) is 0 Å². The molecular formula is C8H12Cl3NO2. The highest BCUT2D eigenvalue weighted by atomic mass is 35.6. The second-order valence-electron chi connectivity index (χ2n) is 3.31. The maximum Gasteiger partial charge on any atom is 0.358 e. The minimum Gasteiger partial charge on any atom is -0.462 e. The van der Waals surface area contributed by atoms with Gasteiger partial charge in [-0.1, -0.05) is 34.8 Å². The van der Waals surface area contributed by atoms with E-state index in [2.05, 4.69) is 5.32 Å². The molecule has 6 heteroatoms. The second-order valence-corrected chi connectivity index (χ2v) is 5.59. The summed E-state index contributed by atoms with van der Waals surface area (Å²) in [5.41, 5.74) is 0. The molecule has 1 saturated heterocycles. The van der Waals surface area contributed by atoms with Crippen molar-refractivity contribution in [3.63, 3.8) is 0 Å². The van der Waals surface area contributed by atoms with Gasteiger partial charge in [0, 0.05) is 12.5 Å². The SMILES string of the molecule is O=C(OC[C@H]1CCCNC1)C(Cl)(Cl)Cl. The van der Waals surface area contributed by atoms with Crippen LogP contribution in [-0.2, 0) is 9.53 Å².